The van der Waals surface area contributed by atoms with Crippen LogP contribution < -0.4 is 18.9 Å². The van der Waals surface area contributed by atoms with Gasteiger partial charge in [0.25, 0.3) is 0 Å². The fourth-order valence-electron chi connectivity index (χ4n) is 6.54. The van der Waals surface area contributed by atoms with Crippen molar-refractivity contribution in [2.24, 2.45) is 0 Å². The molecule has 6 heteroatoms. The molecule has 0 amide bonds. The minimum absolute atomic E-state index is 0.421. The molecule has 0 spiro atoms. The van der Waals surface area contributed by atoms with Crippen LogP contribution in [0.15, 0.2) is 60.7 Å². The van der Waals surface area contributed by atoms with Gasteiger partial charge in [-0.2, -0.15) is 0 Å². The summed E-state index contributed by atoms with van der Waals surface area (Å²) in [5, 5.41) is 0. The Morgan fingerprint density at radius 1 is 0.417 bits per heavy atom. The Kier molecular flexibility index (Phi) is 13.4. The van der Waals surface area contributed by atoms with Gasteiger partial charge in [0.15, 0.2) is 0 Å². The molecular weight excluding hydrogens is 639 g/mol. The van der Waals surface area contributed by atoms with Gasteiger partial charge in [0, 0.05) is 37.4 Å². The van der Waals surface area contributed by atoms with Crippen LogP contribution in [0, 0.1) is 0 Å². The molecule has 0 N–H and O–H groups in total. The number of para-hydroxylation sites is 2. The summed E-state index contributed by atoms with van der Waals surface area (Å²) in [5.41, 5.74) is 11.1. The number of benzene rings is 4. The highest BCUT2D eigenvalue weighted by Crippen LogP contribution is 2.40. The second-order valence-corrected chi connectivity index (χ2v) is 13.2. The molecule has 1 aliphatic carbocycles. The highest BCUT2D eigenvalue weighted by atomic mass is 35.5. The molecule has 48 heavy (non-hydrogen) atoms. The van der Waals surface area contributed by atoms with Gasteiger partial charge >= 0.3 is 0 Å². The van der Waals surface area contributed by atoms with E-state index in [9.17, 15) is 0 Å². The molecule has 0 atom stereocenters. The number of hydrogen-bond acceptors (Lipinski definition) is 4. The average Bonchev–Trinajstić information content (AvgIpc) is 3.09. The molecule has 4 nitrogen and oxygen atoms in total. The fourth-order valence-corrected chi connectivity index (χ4v) is 6.85. The minimum Gasteiger partial charge on any atom is -0.493 e. The largest absolute Gasteiger partial charge is 0.493 e. The first kappa shape index (κ1) is 36.0. The zero-order valence-corrected chi connectivity index (χ0v) is 30.6. The van der Waals surface area contributed by atoms with Crippen LogP contribution in [0.25, 0.3) is 0 Å². The van der Waals surface area contributed by atoms with Crippen molar-refractivity contribution in [3.63, 3.8) is 0 Å². The third-order valence-electron chi connectivity index (χ3n) is 8.60. The maximum absolute atomic E-state index is 6.61. The second-order valence-electron chi connectivity index (χ2n) is 12.7. The third kappa shape index (κ3) is 8.62. The second kappa shape index (κ2) is 17.9. The van der Waals surface area contributed by atoms with E-state index in [4.69, 9.17) is 42.1 Å². The van der Waals surface area contributed by atoms with Gasteiger partial charge in [-0.15, -0.1) is 23.2 Å². The van der Waals surface area contributed by atoms with Crippen LogP contribution in [0.1, 0.15) is 109 Å². The van der Waals surface area contributed by atoms with Gasteiger partial charge in [0.05, 0.1) is 26.4 Å². The average molecular weight is 690 g/mol. The molecule has 0 aromatic heterocycles. The number of fused-ring (bicyclic) bond motifs is 8. The standard InChI is InChI=1S/C42H50Cl2O4/c1-5-15-45-39-31-11-9-12-32(39)24-36-20-30(28-44)22-38(42(36)48-18-8-4)26-34-14-10-13-33(40(34)46-16-6-2)25-37-21-29(27-43)19-35(23-31)41(37)47-17-7-3/h9-14,19-22H,5-8,15-18,23-28H2,1-4H3. The van der Waals surface area contributed by atoms with E-state index >= 15 is 0 Å². The molecule has 0 fully saturated rings. The van der Waals surface area contributed by atoms with E-state index in [1.54, 1.807) is 0 Å². The molecule has 256 valence electrons. The number of hydrogen-bond donors (Lipinski definition) is 0. The van der Waals surface area contributed by atoms with Gasteiger partial charge in [0.2, 0.25) is 0 Å². The number of halogens is 2. The van der Waals surface area contributed by atoms with Crippen molar-refractivity contribution in [2.45, 2.75) is 90.8 Å². The Hall–Kier alpha value is -3.34. The highest BCUT2D eigenvalue weighted by Gasteiger charge is 2.23. The van der Waals surface area contributed by atoms with Gasteiger partial charge < -0.3 is 18.9 Å². The predicted molar refractivity (Wildman–Crippen MR) is 199 cm³/mol. The molecule has 0 saturated carbocycles. The Balaban J connectivity index is 1.81. The zero-order valence-electron chi connectivity index (χ0n) is 29.1. The number of ether oxygens (including phenoxy) is 4. The molecule has 0 saturated heterocycles. The summed E-state index contributed by atoms with van der Waals surface area (Å²) in [4.78, 5) is 0. The molecule has 4 aromatic carbocycles. The van der Waals surface area contributed by atoms with Gasteiger partial charge in [0.1, 0.15) is 23.0 Å². The van der Waals surface area contributed by atoms with E-state index in [2.05, 4.69) is 88.4 Å². The zero-order chi connectivity index (χ0) is 33.9. The maximum Gasteiger partial charge on any atom is 0.126 e. The smallest absolute Gasteiger partial charge is 0.126 e. The van der Waals surface area contributed by atoms with Crippen molar-refractivity contribution < 1.29 is 18.9 Å². The number of alkyl halides is 2. The lowest BCUT2D eigenvalue weighted by Crippen LogP contribution is -2.10. The summed E-state index contributed by atoms with van der Waals surface area (Å²) in [6, 6.07) is 21.9. The van der Waals surface area contributed by atoms with E-state index in [0.29, 0.717) is 63.9 Å². The van der Waals surface area contributed by atoms with E-state index in [1.807, 2.05) is 0 Å². The monoisotopic (exact) mass is 688 g/mol. The first-order valence-electron chi connectivity index (χ1n) is 17.7. The molecule has 5 rings (SSSR count). The quantitative estimate of drug-likeness (QED) is 0.109. The molecule has 0 radical (unpaired) electrons. The van der Waals surface area contributed by atoms with Crippen molar-refractivity contribution in [1.82, 2.24) is 0 Å². The van der Waals surface area contributed by atoms with Crippen molar-refractivity contribution in [3.05, 3.63) is 116 Å². The van der Waals surface area contributed by atoms with Crippen LogP contribution in [0.5, 0.6) is 23.0 Å². The highest BCUT2D eigenvalue weighted by molar-refractivity contribution is 6.17. The van der Waals surface area contributed by atoms with Crippen LogP contribution in [0.3, 0.4) is 0 Å². The first-order valence-corrected chi connectivity index (χ1v) is 18.7. The lowest BCUT2D eigenvalue weighted by atomic mass is 9.90. The summed E-state index contributed by atoms with van der Waals surface area (Å²) in [6.45, 7) is 11.1. The fraction of sp³-hybridized carbons (Fsp3) is 0.429. The van der Waals surface area contributed by atoms with Gasteiger partial charge in [-0.25, -0.2) is 0 Å². The van der Waals surface area contributed by atoms with Crippen LogP contribution in [-0.4, -0.2) is 26.4 Å². The lowest BCUT2D eigenvalue weighted by molar-refractivity contribution is 0.304. The predicted octanol–water partition coefficient (Wildman–Crippen LogP) is 11.0. The van der Waals surface area contributed by atoms with Crippen LogP contribution in [0.2, 0.25) is 0 Å². The van der Waals surface area contributed by atoms with Crippen molar-refractivity contribution >= 4 is 23.2 Å². The van der Waals surface area contributed by atoms with Crippen molar-refractivity contribution in [3.8, 4) is 23.0 Å². The van der Waals surface area contributed by atoms with Crippen molar-refractivity contribution in [1.29, 1.82) is 0 Å². The van der Waals surface area contributed by atoms with Gasteiger partial charge in [-0.3, -0.25) is 0 Å². The summed E-state index contributed by atoms with van der Waals surface area (Å²) in [7, 11) is 0. The molecule has 0 heterocycles. The van der Waals surface area contributed by atoms with Gasteiger partial charge in [-0.1, -0.05) is 88.4 Å². The topological polar surface area (TPSA) is 36.9 Å². The third-order valence-corrected chi connectivity index (χ3v) is 9.21. The summed E-state index contributed by atoms with van der Waals surface area (Å²) < 4.78 is 26.4. The van der Waals surface area contributed by atoms with E-state index < -0.39 is 0 Å². The summed E-state index contributed by atoms with van der Waals surface area (Å²) >= 11 is 13.1. The Labute approximate surface area is 297 Å². The van der Waals surface area contributed by atoms with Crippen molar-refractivity contribution in [2.75, 3.05) is 26.4 Å². The molecule has 8 bridgehead atoms. The molecular formula is C42H50Cl2O4. The molecule has 0 aliphatic heterocycles. The van der Waals surface area contributed by atoms with E-state index in [1.165, 1.54) is 0 Å². The SMILES string of the molecule is CCCOc1c2cccc1Cc1cc(CCl)cc(c1OCCC)Cc1cccc(c1OCCC)Cc1cc(CCl)cc(c1OCCC)C2. The molecule has 0 unspecified atom stereocenters. The van der Waals surface area contributed by atoms with Crippen LogP contribution in [0.4, 0.5) is 0 Å². The lowest BCUT2D eigenvalue weighted by Gasteiger charge is -2.23. The summed E-state index contributed by atoms with van der Waals surface area (Å²) in [6.07, 6.45) is 6.32. The van der Waals surface area contributed by atoms with Crippen LogP contribution >= 0.6 is 23.2 Å². The summed E-state index contributed by atoms with van der Waals surface area (Å²) in [5.74, 6) is 4.58. The minimum atomic E-state index is 0.421. The maximum atomic E-state index is 6.61. The van der Waals surface area contributed by atoms with Gasteiger partial charge in [-0.05, 0) is 81.3 Å². The molecule has 1 aliphatic rings. The number of rotatable bonds is 14. The molecule has 4 aromatic rings. The Bertz CT molecular complexity index is 1450. The van der Waals surface area contributed by atoms with Crippen LogP contribution in [-0.2, 0) is 37.4 Å². The Morgan fingerprint density at radius 2 is 0.667 bits per heavy atom. The normalized spacial score (nSPS) is 12.5. The Morgan fingerprint density at radius 3 is 0.896 bits per heavy atom. The van der Waals surface area contributed by atoms with E-state index in [-0.39, 0.29) is 0 Å². The van der Waals surface area contributed by atoms with E-state index in [0.717, 1.165) is 104 Å². The first-order chi connectivity index (χ1) is 23.5.